The molecule has 1 N–H and O–H groups in total. The summed E-state index contributed by atoms with van der Waals surface area (Å²) in [5.41, 5.74) is 1.53. The molecule has 1 aliphatic rings. The van der Waals surface area contributed by atoms with Gasteiger partial charge in [0.05, 0.1) is 29.1 Å². The van der Waals surface area contributed by atoms with E-state index in [1.165, 1.54) is 25.1 Å². The van der Waals surface area contributed by atoms with Crippen LogP contribution in [0.1, 0.15) is 11.3 Å². The Bertz CT molecular complexity index is 1250. The van der Waals surface area contributed by atoms with Crippen molar-refractivity contribution >= 4 is 32.6 Å². The van der Waals surface area contributed by atoms with Gasteiger partial charge in [-0.05, 0) is 42.8 Å². The second kappa shape index (κ2) is 6.77. The Kier molecular flexibility index (Phi) is 4.49. The first-order valence-electron chi connectivity index (χ1n) is 8.95. The smallest absolute Gasteiger partial charge is 0.307 e. The number of carboxylic acids is 1. The molecule has 0 unspecified atom stereocenters. The monoisotopic (exact) mass is 418 g/mol. The van der Waals surface area contributed by atoms with Crippen LogP contribution in [0.5, 0.6) is 5.75 Å². The number of ether oxygens (including phenoxy) is 1. The molecule has 2 heterocycles. The Hall–Kier alpha value is -3.07. The number of rotatable bonds is 4. The van der Waals surface area contributed by atoms with Gasteiger partial charge in [-0.25, -0.2) is 16.8 Å². The Balaban J connectivity index is 1.94. The molecule has 0 amide bonds. The standard InChI is InChI=1S/C20H19FN2O5S/c1-12-15(11-20(24)25)16-9-13(21)3-5-17(16)23(12)29(26,27)14-4-6-18-19(10-14)28-8-7-22(18)2/h3-6,9-10H,7-8,11H2,1-2H3,(H,24,25). The van der Waals surface area contributed by atoms with Gasteiger partial charge in [0.2, 0.25) is 0 Å². The van der Waals surface area contributed by atoms with Crippen molar-refractivity contribution in [3.8, 4) is 5.75 Å². The number of carbonyl (C=O) groups is 1. The van der Waals surface area contributed by atoms with E-state index in [1.54, 1.807) is 6.07 Å². The zero-order valence-corrected chi connectivity index (χ0v) is 16.7. The van der Waals surface area contributed by atoms with Crippen LogP contribution in [0.15, 0.2) is 41.3 Å². The molecule has 0 fully saturated rings. The van der Waals surface area contributed by atoms with Crippen molar-refractivity contribution in [1.29, 1.82) is 0 Å². The summed E-state index contributed by atoms with van der Waals surface area (Å²) in [5.74, 6) is -1.23. The Labute approximate surface area is 167 Å². The highest BCUT2D eigenvalue weighted by atomic mass is 32.2. The highest BCUT2D eigenvalue weighted by molar-refractivity contribution is 7.90. The molecule has 1 aromatic heterocycles. The van der Waals surface area contributed by atoms with Gasteiger partial charge in [-0.2, -0.15) is 0 Å². The number of likely N-dealkylation sites (N-methyl/N-ethyl adjacent to an activating group) is 1. The molecule has 0 aliphatic carbocycles. The summed E-state index contributed by atoms with van der Waals surface area (Å²) >= 11 is 0. The molecule has 29 heavy (non-hydrogen) atoms. The maximum absolute atomic E-state index is 13.8. The average molecular weight is 418 g/mol. The summed E-state index contributed by atoms with van der Waals surface area (Å²) in [6.07, 6.45) is -0.410. The van der Waals surface area contributed by atoms with Crippen LogP contribution in [0, 0.1) is 12.7 Å². The molecule has 0 bridgehead atoms. The van der Waals surface area contributed by atoms with Gasteiger partial charge >= 0.3 is 5.97 Å². The Morgan fingerprint density at radius 2 is 2.00 bits per heavy atom. The van der Waals surface area contributed by atoms with Gasteiger partial charge in [0.15, 0.2) is 0 Å². The lowest BCUT2D eigenvalue weighted by Gasteiger charge is -2.28. The molecular weight excluding hydrogens is 399 g/mol. The number of hydrogen-bond donors (Lipinski definition) is 1. The second-order valence-corrected chi connectivity index (χ2v) is 8.75. The van der Waals surface area contributed by atoms with Crippen LogP contribution >= 0.6 is 0 Å². The van der Waals surface area contributed by atoms with Crippen molar-refractivity contribution in [1.82, 2.24) is 3.97 Å². The topological polar surface area (TPSA) is 88.8 Å². The highest BCUT2D eigenvalue weighted by Gasteiger charge is 2.28. The molecule has 9 heteroatoms. The fourth-order valence-electron chi connectivity index (χ4n) is 3.71. The van der Waals surface area contributed by atoms with Crippen molar-refractivity contribution in [3.05, 3.63) is 53.5 Å². The Morgan fingerprint density at radius 3 is 2.72 bits per heavy atom. The van der Waals surface area contributed by atoms with Gasteiger partial charge in [-0.3, -0.25) is 4.79 Å². The average Bonchev–Trinajstić information content (AvgIpc) is 2.93. The van der Waals surface area contributed by atoms with E-state index < -0.39 is 28.2 Å². The first-order valence-corrected chi connectivity index (χ1v) is 10.4. The highest BCUT2D eigenvalue weighted by Crippen LogP contribution is 2.36. The molecule has 0 radical (unpaired) electrons. The number of benzene rings is 2. The van der Waals surface area contributed by atoms with Crippen LogP contribution in [0.25, 0.3) is 10.9 Å². The van der Waals surface area contributed by atoms with E-state index in [2.05, 4.69) is 0 Å². The number of carboxylic acid groups (broad SMARTS) is 1. The van der Waals surface area contributed by atoms with E-state index in [9.17, 15) is 22.7 Å². The number of anilines is 1. The van der Waals surface area contributed by atoms with Crippen molar-refractivity contribution in [2.45, 2.75) is 18.2 Å². The summed E-state index contributed by atoms with van der Waals surface area (Å²) in [4.78, 5) is 13.3. The van der Waals surface area contributed by atoms with Crippen molar-refractivity contribution in [2.75, 3.05) is 25.1 Å². The number of aliphatic carboxylic acids is 1. The molecule has 3 aromatic rings. The van der Waals surface area contributed by atoms with E-state index in [1.807, 2.05) is 11.9 Å². The van der Waals surface area contributed by atoms with Crippen molar-refractivity contribution in [2.24, 2.45) is 0 Å². The van der Waals surface area contributed by atoms with Crippen molar-refractivity contribution in [3.63, 3.8) is 0 Å². The fraction of sp³-hybridized carbons (Fsp3) is 0.250. The van der Waals surface area contributed by atoms with E-state index in [4.69, 9.17) is 4.74 Å². The van der Waals surface area contributed by atoms with E-state index in [0.717, 1.165) is 21.8 Å². The van der Waals surface area contributed by atoms with Crippen molar-refractivity contribution < 1.29 is 27.4 Å². The number of fused-ring (bicyclic) bond motifs is 2. The molecule has 0 saturated carbocycles. The largest absolute Gasteiger partial charge is 0.490 e. The van der Waals surface area contributed by atoms with Crippen LogP contribution in [0.2, 0.25) is 0 Å². The maximum atomic E-state index is 13.8. The minimum atomic E-state index is -4.07. The molecular formula is C20H19FN2O5S. The number of hydrogen-bond acceptors (Lipinski definition) is 5. The van der Waals surface area contributed by atoms with Crippen LogP contribution < -0.4 is 9.64 Å². The number of aromatic nitrogens is 1. The minimum absolute atomic E-state index is 0.0118. The SMILES string of the molecule is Cc1c(CC(=O)O)c2cc(F)ccc2n1S(=O)(=O)c1ccc2c(c1)OCCN2C. The van der Waals surface area contributed by atoms with E-state index in [-0.39, 0.29) is 27.1 Å². The van der Waals surface area contributed by atoms with Gasteiger partial charge < -0.3 is 14.7 Å². The molecule has 2 aromatic carbocycles. The minimum Gasteiger partial charge on any atom is -0.490 e. The molecule has 7 nitrogen and oxygen atoms in total. The lowest BCUT2D eigenvalue weighted by molar-refractivity contribution is -0.136. The van der Waals surface area contributed by atoms with Crippen LogP contribution in [-0.2, 0) is 21.2 Å². The predicted molar refractivity (Wildman–Crippen MR) is 106 cm³/mol. The van der Waals surface area contributed by atoms with Gasteiger partial charge in [0, 0.05) is 24.2 Å². The van der Waals surface area contributed by atoms with Crippen LogP contribution in [0.3, 0.4) is 0 Å². The molecule has 0 spiro atoms. The predicted octanol–water partition coefficient (Wildman–Crippen LogP) is 2.78. The zero-order chi connectivity index (χ0) is 20.9. The first kappa shape index (κ1) is 19.3. The zero-order valence-electron chi connectivity index (χ0n) is 15.8. The summed E-state index contributed by atoms with van der Waals surface area (Å²) in [7, 11) is -2.18. The second-order valence-electron chi connectivity index (χ2n) is 6.96. The molecule has 4 rings (SSSR count). The van der Waals surface area contributed by atoms with Gasteiger partial charge in [-0.1, -0.05) is 0 Å². The van der Waals surface area contributed by atoms with E-state index >= 15 is 0 Å². The quantitative estimate of drug-likeness (QED) is 0.701. The number of nitrogens with zero attached hydrogens (tertiary/aromatic N) is 2. The third-order valence-electron chi connectivity index (χ3n) is 5.14. The number of halogens is 1. The molecule has 152 valence electrons. The van der Waals surface area contributed by atoms with Crippen LogP contribution in [-0.4, -0.2) is 43.7 Å². The van der Waals surface area contributed by atoms with Crippen LogP contribution in [0.4, 0.5) is 10.1 Å². The van der Waals surface area contributed by atoms with Gasteiger partial charge in [0.1, 0.15) is 18.2 Å². The fourth-order valence-corrected chi connectivity index (χ4v) is 5.31. The normalized spacial score (nSPS) is 14.0. The molecule has 0 saturated heterocycles. The van der Waals surface area contributed by atoms with Gasteiger partial charge in [-0.15, -0.1) is 0 Å². The molecule has 1 aliphatic heterocycles. The first-order chi connectivity index (χ1) is 13.7. The lowest BCUT2D eigenvalue weighted by atomic mass is 10.1. The summed E-state index contributed by atoms with van der Waals surface area (Å²) in [5, 5.41) is 9.50. The molecule has 0 atom stereocenters. The maximum Gasteiger partial charge on any atom is 0.307 e. The van der Waals surface area contributed by atoms with E-state index in [0.29, 0.717) is 18.9 Å². The Morgan fingerprint density at radius 1 is 1.24 bits per heavy atom. The third-order valence-corrected chi connectivity index (χ3v) is 6.94. The van der Waals surface area contributed by atoms with Gasteiger partial charge in [0.25, 0.3) is 10.0 Å². The summed E-state index contributed by atoms with van der Waals surface area (Å²) in [6.45, 7) is 2.67. The lowest BCUT2D eigenvalue weighted by Crippen LogP contribution is -2.29. The third kappa shape index (κ3) is 3.11. The summed E-state index contributed by atoms with van der Waals surface area (Å²) < 4.78 is 47.4. The summed E-state index contributed by atoms with van der Waals surface area (Å²) in [6, 6.07) is 8.31.